The largest absolute Gasteiger partial charge is 0.481 e. The van der Waals surface area contributed by atoms with Crippen LogP contribution in [-0.4, -0.2) is 47.5 Å². The molecule has 0 amide bonds. The number of nitrogens with one attached hydrogen (secondary N) is 2. The van der Waals surface area contributed by atoms with Gasteiger partial charge in [0.1, 0.15) is 5.84 Å². The lowest BCUT2D eigenvalue weighted by molar-refractivity contribution is -0.137. The monoisotopic (exact) mass is 360 g/mol. The van der Waals surface area contributed by atoms with Crippen LogP contribution in [0.1, 0.15) is 49.3 Å². The van der Waals surface area contributed by atoms with Crippen molar-refractivity contribution < 1.29 is 14.7 Å². The highest BCUT2D eigenvalue weighted by Gasteiger charge is 2.30. The number of amidine groups is 1. The molecule has 26 heavy (non-hydrogen) atoms. The molecular weight excluding hydrogens is 332 g/mol. The average Bonchev–Trinajstić information content (AvgIpc) is 3.09. The summed E-state index contributed by atoms with van der Waals surface area (Å²) in [4.78, 5) is 18.7. The number of aliphatic carboxylic acids is 1. The Bertz CT molecular complexity index is 626. The van der Waals surface area contributed by atoms with Crippen LogP contribution in [0.2, 0.25) is 0 Å². The highest BCUT2D eigenvalue weighted by Crippen LogP contribution is 2.31. The molecule has 0 spiro atoms. The first kappa shape index (κ1) is 18.8. The van der Waals surface area contributed by atoms with E-state index in [1.54, 1.807) is 0 Å². The predicted molar refractivity (Wildman–Crippen MR) is 98.9 cm³/mol. The molecule has 142 valence electrons. The van der Waals surface area contributed by atoms with E-state index in [1.807, 2.05) is 24.3 Å². The van der Waals surface area contributed by atoms with Crippen LogP contribution in [0, 0.1) is 11.3 Å². The van der Waals surface area contributed by atoms with Gasteiger partial charge in [-0.3, -0.25) is 15.0 Å². The first-order valence-electron chi connectivity index (χ1n) is 9.31. The maximum atomic E-state index is 10.7. The van der Waals surface area contributed by atoms with Crippen LogP contribution in [0.3, 0.4) is 0 Å². The maximum Gasteiger partial charge on any atom is 0.304 e. The van der Waals surface area contributed by atoms with E-state index in [0.29, 0.717) is 12.5 Å². The summed E-state index contributed by atoms with van der Waals surface area (Å²) in [5.41, 5.74) is 10.5. The van der Waals surface area contributed by atoms with Gasteiger partial charge in [-0.2, -0.15) is 5.48 Å². The molecule has 0 radical (unpaired) electrons. The van der Waals surface area contributed by atoms with Crippen molar-refractivity contribution in [2.75, 3.05) is 19.6 Å². The van der Waals surface area contributed by atoms with Gasteiger partial charge in [-0.15, -0.1) is 0 Å². The average molecular weight is 360 g/mol. The zero-order valence-corrected chi connectivity index (χ0v) is 15.0. The molecule has 1 aromatic rings. The van der Waals surface area contributed by atoms with Gasteiger partial charge in [0, 0.05) is 12.1 Å². The van der Waals surface area contributed by atoms with E-state index >= 15 is 0 Å². The first-order chi connectivity index (χ1) is 12.5. The number of benzene rings is 1. The Morgan fingerprint density at radius 1 is 1.31 bits per heavy atom. The van der Waals surface area contributed by atoms with Gasteiger partial charge in [-0.05, 0) is 50.3 Å². The lowest BCUT2D eigenvalue weighted by atomic mass is 9.89. The highest BCUT2D eigenvalue weighted by atomic mass is 16.7. The smallest absolute Gasteiger partial charge is 0.304 e. The van der Waals surface area contributed by atoms with Crippen molar-refractivity contribution in [2.24, 2.45) is 11.7 Å². The number of hydrogen-bond acceptors (Lipinski definition) is 5. The van der Waals surface area contributed by atoms with Gasteiger partial charge >= 0.3 is 5.97 Å². The Kier molecular flexibility index (Phi) is 6.24. The van der Waals surface area contributed by atoms with E-state index in [4.69, 9.17) is 21.1 Å². The zero-order chi connectivity index (χ0) is 18.5. The first-order valence-corrected chi connectivity index (χ1v) is 9.31. The maximum absolute atomic E-state index is 10.7. The predicted octanol–water partition coefficient (Wildman–Crippen LogP) is 1.88. The third-order valence-electron chi connectivity index (χ3n) is 5.44. The van der Waals surface area contributed by atoms with Gasteiger partial charge in [0.15, 0.2) is 0 Å². The van der Waals surface area contributed by atoms with Gasteiger partial charge in [0.05, 0.1) is 18.6 Å². The van der Waals surface area contributed by atoms with Gasteiger partial charge in [-0.1, -0.05) is 24.3 Å². The summed E-state index contributed by atoms with van der Waals surface area (Å²) in [7, 11) is 0. The molecule has 2 fully saturated rings. The molecule has 2 aliphatic rings. The van der Waals surface area contributed by atoms with Crippen LogP contribution in [-0.2, 0) is 9.63 Å². The number of carboxylic acids is 1. The van der Waals surface area contributed by atoms with E-state index in [-0.39, 0.29) is 24.4 Å². The molecule has 0 aromatic heterocycles. The molecule has 2 heterocycles. The molecule has 3 rings (SSSR count). The zero-order valence-electron chi connectivity index (χ0n) is 15.0. The lowest BCUT2D eigenvalue weighted by Crippen LogP contribution is -2.36. The minimum Gasteiger partial charge on any atom is -0.481 e. The molecule has 5 N–H and O–H groups in total. The van der Waals surface area contributed by atoms with Crippen molar-refractivity contribution >= 4 is 11.8 Å². The summed E-state index contributed by atoms with van der Waals surface area (Å²) >= 11 is 0. The number of carboxylic acid groups (broad SMARTS) is 1. The third kappa shape index (κ3) is 5.03. The minimum absolute atomic E-state index is 0.0831. The van der Waals surface area contributed by atoms with Crippen LogP contribution >= 0.6 is 0 Å². The SMILES string of the molecule is N=C(N)c1ccc(C2CC(CC3CCN(CCC(=O)O)CC3)ON2)cc1. The number of rotatable bonds is 7. The Morgan fingerprint density at radius 3 is 2.62 bits per heavy atom. The fourth-order valence-corrected chi connectivity index (χ4v) is 3.85. The molecule has 0 saturated carbocycles. The summed E-state index contributed by atoms with van der Waals surface area (Å²) in [5, 5.41) is 16.2. The molecule has 2 aliphatic heterocycles. The van der Waals surface area contributed by atoms with E-state index in [9.17, 15) is 4.79 Å². The normalized spacial score (nSPS) is 24.6. The van der Waals surface area contributed by atoms with Crippen LogP contribution in [0.5, 0.6) is 0 Å². The second-order valence-corrected chi connectivity index (χ2v) is 7.35. The Morgan fingerprint density at radius 2 is 2.00 bits per heavy atom. The van der Waals surface area contributed by atoms with E-state index in [2.05, 4.69) is 10.4 Å². The molecule has 0 aliphatic carbocycles. The van der Waals surface area contributed by atoms with Crippen LogP contribution in [0.4, 0.5) is 0 Å². The number of nitrogens with zero attached hydrogens (tertiary/aromatic N) is 1. The standard InChI is InChI=1S/C19H28N4O3/c20-19(21)15-3-1-14(2-4-15)17-12-16(26-22-17)11-13-5-8-23(9-6-13)10-7-18(24)25/h1-4,13,16-17,22H,5-12H2,(H3,20,21)(H,24,25). The van der Waals surface area contributed by atoms with Gasteiger partial charge < -0.3 is 15.7 Å². The molecule has 7 heteroatoms. The molecule has 2 unspecified atom stereocenters. The second-order valence-electron chi connectivity index (χ2n) is 7.35. The molecule has 2 saturated heterocycles. The van der Waals surface area contributed by atoms with Gasteiger partial charge in [0.2, 0.25) is 0 Å². The van der Waals surface area contributed by atoms with Crippen molar-refractivity contribution in [1.29, 1.82) is 5.41 Å². The molecular formula is C19H28N4O3. The van der Waals surface area contributed by atoms with E-state index in [1.165, 1.54) is 0 Å². The Hall–Kier alpha value is -1.96. The topological polar surface area (TPSA) is 112 Å². The Balaban J connectivity index is 1.42. The van der Waals surface area contributed by atoms with Crippen molar-refractivity contribution in [3.63, 3.8) is 0 Å². The second kappa shape index (κ2) is 8.62. The van der Waals surface area contributed by atoms with Gasteiger partial charge in [0.25, 0.3) is 0 Å². The minimum atomic E-state index is -0.722. The summed E-state index contributed by atoms with van der Waals surface area (Å²) in [5.74, 6) is 0.00130. The number of nitrogen functional groups attached to an aromatic ring is 1. The third-order valence-corrected chi connectivity index (χ3v) is 5.44. The van der Waals surface area contributed by atoms with Crippen LogP contribution in [0.15, 0.2) is 24.3 Å². The highest BCUT2D eigenvalue weighted by molar-refractivity contribution is 5.94. The summed E-state index contributed by atoms with van der Waals surface area (Å²) in [6.07, 6.45) is 4.64. The van der Waals surface area contributed by atoms with E-state index < -0.39 is 5.97 Å². The van der Waals surface area contributed by atoms with Crippen molar-refractivity contribution in [3.05, 3.63) is 35.4 Å². The number of likely N-dealkylation sites (tertiary alicyclic amines) is 1. The Labute approximate surface area is 154 Å². The summed E-state index contributed by atoms with van der Waals surface area (Å²) in [6.45, 7) is 2.62. The summed E-state index contributed by atoms with van der Waals surface area (Å²) < 4.78 is 0. The van der Waals surface area contributed by atoms with Crippen LogP contribution in [0.25, 0.3) is 0 Å². The molecule has 0 bridgehead atoms. The summed E-state index contributed by atoms with van der Waals surface area (Å²) in [6, 6.07) is 7.93. The quantitative estimate of drug-likeness (QED) is 0.436. The number of hydrogen-bond donors (Lipinski definition) is 4. The number of piperidine rings is 1. The van der Waals surface area contributed by atoms with Crippen molar-refractivity contribution in [3.8, 4) is 0 Å². The molecule has 2 atom stereocenters. The van der Waals surface area contributed by atoms with Crippen molar-refractivity contribution in [1.82, 2.24) is 10.4 Å². The molecule has 7 nitrogen and oxygen atoms in total. The fourth-order valence-electron chi connectivity index (χ4n) is 3.85. The van der Waals surface area contributed by atoms with Crippen LogP contribution < -0.4 is 11.2 Å². The number of hydroxylamine groups is 1. The fraction of sp³-hybridized carbons (Fsp3) is 0.579. The number of carbonyl (C=O) groups is 1. The van der Waals surface area contributed by atoms with E-state index in [0.717, 1.165) is 49.9 Å². The molecule has 1 aromatic carbocycles. The van der Waals surface area contributed by atoms with Gasteiger partial charge in [-0.25, -0.2) is 0 Å². The number of nitrogens with two attached hydrogens (primary N) is 1. The lowest BCUT2D eigenvalue weighted by Gasteiger charge is -2.32. The van der Waals surface area contributed by atoms with Crippen molar-refractivity contribution in [2.45, 2.75) is 44.2 Å².